The monoisotopic (exact) mass is 888 g/mol. The van der Waals surface area contributed by atoms with Crippen LogP contribution in [-0.2, 0) is 33.9 Å². The fourth-order valence-corrected chi connectivity index (χ4v) is 9.88. The molecule has 1 aromatic carbocycles. The summed E-state index contributed by atoms with van der Waals surface area (Å²) in [6.07, 6.45) is 4.45. The normalized spacial score (nSPS) is 29.4. The molecule has 62 heavy (non-hydrogen) atoms. The molecule has 4 fully saturated rings. The second-order valence-corrected chi connectivity index (χ2v) is 20.2. The molecule has 2 aliphatic carbocycles. The highest BCUT2D eigenvalue weighted by Crippen LogP contribution is 2.48. The lowest BCUT2D eigenvalue weighted by atomic mass is 9.89. The Kier molecular flexibility index (Phi) is 12.5. The number of nitrogens with zero attached hydrogens (tertiary/aromatic N) is 4. The number of alkyl halides is 3. The molecule has 3 aliphatic heterocycles. The standard InChI is InChI=1S/C43H55F3N6O9S/c1-26-10-6-7-11-28-22-43(28,38(55)50-62(57,58)42(25-44)14-15-42)49-35(53)32-21-29(60-36-31-13-9-8-12-30(31)33(23-47-36)51-16-18-59-19-17-51)24-52(32)37(54)34(27(2)20-26)48-39(56)61-40(3,4)41(5,45)46/h7-9,11-13,23,26-29,32H,6,10,14-22,24-25H2,1-5H3,(H,49,53)(H,50,55)/b11-7-,48-34+/t26-,27+,28+,29+,32-,43+/m0/s1. The van der Waals surface area contributed by atoms with Crippen LogP contribution in [0, 0.1) is 17.8 Å². The summed E-state index contributed by atoms with van der Waals surface area (Å²) in [5.41, 5.74) is -3.47. The van der Waals surface area contributed by atoms with E-state index in [9.17, 15) is 40.8 Å². The predicted octanol–water partition coefficient (Wildman–Crippen LogP) is 5.27. The van der Waals surface area contributed by atoms with E-state index >= 15 is 0 Å². The number of hydrogen-bond donors (Lipinski definition) is 2. The van der Waals surface area contributed by atoms with Gasteiger partial charge in [-0.1, -0.05) is 44.2 Å². The predicted molar refractivity (Wildman–Crippen MR) is 223 cm³/mol. The second-order valence-electron chi connectivity index (χ2n) is 18.1. The maximum atomic E-state index is 14.9. The van der Waals surface area contributed by atoms with Crippen molar-refractivity contribution in [2.45, 2.75) is 114 Å². The molecule has 1 aromatic heterocycles. The van der Waals surface area contributed by atoms with E-state index in [2.05, 4.69) is 20.2 Å². The van der Waals surface area contributed by atoms with Gasteiger partial charge in [-0.25, -0.2) is 31.4 Å². The first-order valence-corrected chi connectivity index (χ1v) is 22.7. The Labute approximate surface area is 359 Å². The summed E-state index contributed by atoms with van der Waals surface area (Å²) in [4.78, 5) is 68.8. The molecular formula is C43H55F3N6O9S. The number of morpholine rings is 1. The van der Waals surface area contributed by atoms with Gasteiger partial charge in [-0.2, -0.15) is 4.99 Å². The average molecular weight is 889 g/mol. The lowest BCUT2D eigenvalue weighted by Crippen LogP contribution is -2.58. The molecule has 338 valence electrons. The van der Waals surface area contributed by atoms with E-state index < -0.39 is 86.3 Å². The Balaban J connectivity index is 1.25. The molecule has 2 N–H and O–H groups in total. The summed E-state index contributed by atoms with van der Waals surface area (Å²) < 4.78 is 86.8. The van der Waals surface area contributed by atoms with Crippen molar-refractivity contribution < 1.29 is 55.0 Å². The Hall–Kier alpha value is -4.78. The second kappa shape index (κ2) is 17.1. The topological polar surface area (TPSA) is 186 Å². The zero-order valence-electron chi connectivity index (χ0n) is 35.6. The lowest BCUT2D eigenvalue weighted by molar-refractivity contribution is -0.148. The van der Waals surface area contributed by atoms with Gasteiger partial charge in [0.05, 0.1) is 31.6 Å². The molecule has 0 bridgehead atoms. The largest absolute Gasteiger partial charge is 0.472 e. The number of amides is 4. The first-order chi connectivity index (χ1) is 29.2. The van der Waals surface area contributed by atoms with E-state index in [1.807, 2.05) is 42.0 Å². The minimum Gasteiger partial charge on any atom is -0.472 e. The number of hydrogen-bond acceptors (Lipinski definition) is 11. The van der Waals surface area contributed by atoms with Crippen molar-refractivity contribution in [3.05, 3.63) is 42.6 Å². The van der Waals surface area contributed by atoms with Crippen LogP contribution in [0.15, 0.2) is 47.6 Å². The Morgan fingerprint density at radius 3 is 2.44 bits per heavy atom. The lowest BCUT2D eigenvalue weighted by Gasteiger charge is -2.31. The van der Waals surface area contributed by atoms with Crippen molar-refractivity contribution in [3.8, 4) is 5.88 Å². The zero-order chi connectivity index (χ0) is 44.8. The summed E-state index contributed by atoms with van der Waals surface area (Å²) in [5.74, 6) is -7.31. The number of anilines is 1. The van der Waals surface area contributed by atoms with E-state index in [1.165, 1.54) is 4.90 Å². The molecule has 4 amide bonds. The molecule has 19 heteroatoms. The summed E-state index contributed by atoms with van der Waals surface area (Å²) in [7, 11) is -4.45. The number of fused-ring (bicyclic) bond motifs is 3. The highest BCUT2D eigenvalue weighted by Gasteiger charge is 2.64. The van der Waals surface area contributed by atoms with Gasteiger partial charge in [0.25, 0.3) is 17.7 Å². The number of halogens is 3. The Morgan fingerprint density at radius 1 is 1.08 bits per heavy atom. The van der Waals surface area contributed by atoms with Gasteiger partial charge in [0.1, 0.15) is 34.8 Å². The molecule has 2 saturated carbocycles. The van der Waals surface area contributed by atoms with Gasteiger partial charge in [0, 0.05) is 49.0 Å². The Bertz CT molecular complexity index is 2260. The number of aromatic nitrogens is 1. The van der Waals surface area contributed by atoms with Crippen LogP contribution in [0.5, 0.6) is 5.88 Å². The minimum absolute atomic E-state index is 0.0359. The van der Waals surface area contributed by atoms with Crippen LogP contribution in [0.3, 0.4) is 0 Å². The maximum absolute atomic E-state index is 14.9. The first-order valence-electron chi connectivity index (χ1n) is 21.2. The van der Waals surface area contributed by atoms with Crippen molar-refractivity contribution in [1.29, 1.82) is 0 Å². The molecule has 7 rings (SSSR count). The number of carbonyl (C=O) groups excluding carboxylic acids is 4. The molecule has 0 unspecified atom stereocenters. The number of carbonyl (C=O) groups is 4. The van der Waals surface area contributed by atoms with Gasteiger partial charge in [-0.15, -0.1) is 0 Å². The molecule has 6 atom stereocenters. The maximum Gasteiger partial charge on any atom is 0.434 e. The fraction of sp³-hybridized carbons (Fsp3) is 0.628. The number of nitrogens with one attached hydrogen (secondary N) is 2. The third-order valence-corrected chi connectivity index (χ3v) is 15.2. The molecule has 2 aromatic rings. The SMILES string of the molecule is C[C@H]1CC/C=C\[C@@H]2C[C@@]2(C(=O)NS(=O)(=O)C2(CF)CC2)NC(=O)[C@@H]2C[C@@H](Oc3ncc(N4CCOCC4)c4ccccc34)CN2C(=O)/C(=N/C(=O)OC(C)(C)C(C)(F)F)[C@H](C)C1. The number of benzene rings is 1. The summed E-state index contributed by atoms with van der Waals surface area (Å²) in [6, 6.07) is 6.15. The Morgan fingerprint density at radius 2 is 1.77 bits per heavy atom. The van der Waals surface area contributed by atoms with Crippen LogP contribution in [0.2, 0.25) is 0 Å². The van der Waals surface area contributed by atoms with E-state index in [0.29, 0.717) is 57.9 Å². The van der Waals surface area contributed by atoms with Gasteiger partial charge in [0.2, 0.25) is 21.8 Å². The molecule has 5 aliphatic rings. The number of ether oxygens (including phenoxy) is 3. The van der Waals surface area contributed by atoms with Gasteiger partial charge in [0.15, 0.2) is 5.60 Å². The van der Waals surface area contributed by atoms with Crippen LogP contribution in [0.25, 0.3) is 10.8 Å². The van der Waals surface area contributed by atoms with Crippen LogP contribution < -0.4 is 19.7 Å². The van der Waals surface area contributed by atoms with Crippen molar-refractivity contribution in [2.75, 3.05) is 44.4 Å². The van der Waals surface area contributed by atoms with Crippen LogP contribution in [-0.4, -0.2) is 121 Å². The van der Waals surface area contributed by atoms with Gasteiger partial charge >= 0.3 is 6.09 Å². The molecule has 4 heterocycles. The third kappa shape index (κ3) is 9.01. The van der Waals surface area contributed by atoms with Crippen LogP contribution in [0.1, 0.15) is 79.6 Å². The van der Waals surface area contributed by atoms with Crippen molar-refractivity contribution >= 4 is 56.0 Å². The summed E-state index contributed by atoms with van der Waals surface area (Å²) >= 11 is 0. The van der Waals surface area contributed by atoms with Gasteiger partial charge in [-0.05, 0) is 64.4 Å². The van der Waals surface area contributed by atoms with Crippen molar-refractivity contribution in [1.82, 2.24) is 19.9 Å². The molecule has 2 saturated heterocycles. The quantitative estimate of drug-likeness (QED) is 0.313. The van der Waals surface area contributed by atoms with E-state index in [0.717, 1.165) is 24.9 Å². The van der Waals surface area contributed by atoms with Gasteiger partial charge < -0.3 is 29.3 Å². The zero-order valence-corrected chi connectivity index (χ0v) is 36.4. The highest BCUT2D eigenvalue weighted by molar-refractivity contribution is 7.91. The third-order valence-electron chi connectivity index (χ3n) is 13.1. The van der Waals surface area contributed by atoms with E-state index in [1.54, 1.807) is 19.2 Å². The summed E-state index contributed by atoms with van der Waals surface area (Å²) in [5, 5.41) is 4.29. The minimum atomic E-state index is -4.45. The molecule has 15 nitrogen and oxygen atoms in total. The van der Waals surface area contributed by atoms with E-state index in [4.69, 9.17) is 14.2 Å². The number of pyridine rings is 1. The van der Waals surface area contributed by atoms with Gasteiger partial charge in [-0.3, -0.25) is 19.1 Å². The van der Waals surface area contributed by atoms with Crippen molar-refractivity contribution in [3.63, 3.8) is 0 Å². The number of aliphatic imine (C=N–C) groups is 1. The number of sulfonamides is 1. The smallest absolute Gasteiger partial charge is 0.434 e. The number of allylic oxidation sites excluding steroid dienone is 1. The summed E-state index contributed by atoms with van der Waals surface area (Å²) in [6.45, 7) is 7.31. The first kappa shape index (κ1) is 45.3. The van der Waals surface area contributed by atoms with E-state index in [-0.39, 0.29) is 49.7 Å². The highest BCUT2D eigenvalue weighted by atomic mass is 32.2. The van der Waals surface area contributed by atoms with Crippen molar-refractivity contribution in [2.24, 2.45) is 22.7 Å². The fourth-order valence-electron chi connectivity index (χ4n) is 8.45. The molecule has 0 radical (unpaired) electrons. The average Bonchev–Trinajstić information content (AvgIpc) is 4.12. The van der Waals surface area contributed by atoms with Crippen LogP contribution in [0.4, 0.5) is 23.7 Å². The van der Waals surface area contributed by atoms with Crippen LogP contribution >= 0.6 is 0 Å². The molecular weight excluding hydrogens is 834 g/mol. The molecule has 0 spiro atoms. The number of rotatable bonds is 9.